The number of hydrogen-bond donors (Lipinski definition) is 1. The predicted molar refractivity (Wildman–Crippen MR) is 131 cm³/mol. The van der Waals surface area contributed by atoms with Crippen molar-refractivity contribution in [1.29, 1.82) is 0 Å². The minimum absolute atomic E-state index is 0.211. The molecule has 170 valence electrons. The lowest BCUT2D eigenvalue weighted by Crippen LogP contribution is -2.48. The van der Waals surface area contributed by atoms with Crippen molar-refractivity contribution in [3.8, 4) is 0 Å². The molecule has 0 saturated carbocycles. The van der Waals surface area contributed by atoms with Gasteiger partial charge < -0.3 is 10.2 Å². The number of amides is 2. The number of carbonyl (C=O) groups excluding carboxylic acids is 2. The molecule has 2 aliphatic heterocycles. The van der Waals surface area contributed by atoms with Crippen molar-refractivity contribution in [3.63, 3.8) is 0 Å². The Labute approximate surface area is 196 Å². The zero-order valence-corrected chi connectivity index (χ0v) is 19.9. The number of hydrogen-bond acceptors (Lipinski definition) is 5. The Bertz CT molecular complexity index is 1400. The number of thioether (sulfide) groups is 1. The molecule has 1 N–H and O–H groups in total. The molecule has 5 rings (SSSR count). The molecular weight excluding hydrogens is 458 g/mol. The van der Waals surface area contributed by atoms with Crippen molar-refractivity contribution >= 4 is 55.7 Å². The number of anilines is 2. The van der Waals surface area contributed by atoms with Crippen LogP contribution < -0.4 is 9.62 Å². The van der Waals surface area contributed by atoms with Gasteiger partial charge in [0.1, 0.15) is 12.6 Å². The van der Waals surface area contributed by atoms with Crippen LogP contribution in [0.25, 0.3) is 10.8 Å². The Hall–Kier alpha value is -3.04. The zero-order chi connectivity index (χ0) is 23.3. The van der Waals surface area contributed by atoms with Gasteiger partial charge in [0.25, 0.3) is 10.0 Å². The Kier molecular flexibility index (Phi) is 5.33. The molecule has 0 aromatic heterocycles. The summed E-state index contributed by atoms with van der Waals surface area (Å²) in [6, 6.07) is 15.5. The summed E-state index contributed by atoms with van der Waals surface area (Å²) < 4.78 is 27.6. The Balaban J connectivity index is 1.37. The van der Waals surface area contributed by atoms with Crippen molar-refractivity contribution in [1.82, 2.24) is 4.90 Å². The summed E-state index contributed by atoms with van der Waals surface area (Å²) in [5, 5.41) is 4.34. The van der Waals surface area contributed by atoms with E-state index in [4.69, 9.17) is 0 Å². The third-order valence-electron chi connectivity index (χ3n) is 6.24. The van der Waals surface area contributed by atoms with E-state index in [0.29, 0.717) is 28.4 Å². The highest BCUT2D eigenvalue weighted by Gasteiger charge is 2.40. The third kappa shape index (κ3) is 3.65. The van der Waals surface area contributed by atoms with Crippen molar-refractivity contribution in [2.24, 2.45) is 0 Å². The molecule has 0 bridgehead atoms. The van der Waals surface area contributed by atoms with Crippen molar-refractivity contribution in [2.45, 2.75) is 24.8 Å². The van der Waals surface area contributed by atoms with E-state index in [9.17, 15) is 18.0 Å². The molecule has 0 aliphatic carbocycles. The second-order valence-electron chi connectivity index (χ2n) is 8.31. The Morgan fingerprint density at radius 2 is 1.82 bits per heavy atom. The smallest absolute Gasteiger partial charge is 0.265 e. The number of nitrogens with one attached hydrogen (secondary N) is 1. The highest BCUT2D eigenvalue weighted by molar-refractivity contribution is 7.99. The van der Waals surface area contributed by atoms with E-state index in [-0.39, 0.29) is 17.3 Å². The summed E-state index contributed by atoms with van der Waals surface area (Å²) >= 11 is 1.48. The van der Waals surface area contributed by atoms with Crippen LogP contribution in [0.3, 0.4) is 0 Å². The molecule has 0 radical (unpaired) electrons. The van der Waals surface area contributed by atoms with Crippen LogP contribution >= 0.6 is 11.8 Å². The van der Waals surface area contributed by atoms with Gasteiger partial charge >= 0.3 is 0 Å². The number of rotatable bonds is 4. The zero-order valence-electron chi connectivity index (χ0n) is 18.2. The van der Waals surface area contributed by atoms with E-state index >= 15 is 0 Å². The first-order chi connectivity index (χ1) is 15.8. The van der Waals surface area contributed by atoms with Crippen molar-refractivity contribution < 1.29 is 18.0 Å². The van der Waals surface area contributed by atoms with Gasteiger partial charge in [0.05, 0.1) is 16.5 Å². The highest BCUT2D eigenvalue weighted by Crippen LogP contribution is 2.42. The fourth-order valence-electron chi connectivity index (χ4n) is 4.29. The maximum absolute atomic E-state index is 13.3. The van der Waals surface area contributed by atoms with Gasteiger partial charge in [-0.05, 0) is 54.6 Å². The molecule has 33 heavy (non-hydrogen) atoms. The predicted octanol–water partition coefficient (Wildman–Crippen LogP) is 3.51. The summed E-state index contributed by atoms with van der Waals surface area (Å²) in [7, 11) is -3.84. The van der Waals surface area contributed by atoms with Crippen LogP contribution in [-0.2, 0) is 19.6 Å². The molecule has 2 heterocycles. The molecule has 7 nitrogen and oxygen atoms in total. The van der Waals surface area contributed by atoms with Crippen LogP contribution in [0.2, 0.25) is 0 Å². The van der Waals surface area contributed by atoms with Crippen LogP contribution in [0.15, 0.2) is 59.5 Å². The van der Waals surface area contributed by atoms with E-state index in [2.05, 4.69) is 5.32 Å². The number of sulfonamides is 1. The van der Waals surface area contributed by atoms with E-state index in [1.807, 2.05) is 44.2 Å². The lowest BCUT2D eigenvalue weighted by molar-refractivity contribution is -0.134. The molecule has 0 spiro atoms. The third-order valence-corrected chi connectivity index (χ3v) is 9.05. The second-order valence-corrected chi connectivity index (χ2v) is 11.1. The molecular formula is C24H23N3O4S2. The summed E-state index contributed by atoms with van der Waals surface area (Å²) in [6.07, 6.45) is 0. The fraction of sp³-hybridized carbons (Fsp3) is 0.250. The van der Waals surface area contributed by atoms with Crippen LogP contribution in [0.5, 0.6) is 0 Å². The first-order valence-electron chi connectivity index (χ1n) is 10.6. The monoisotopic (exact) mass is 481 g/mol. The number of aryl methyl sites for hydroxylation is 2. The summed E-state index contributed by atoms with van der Waals surface area (Å²) in [6.45, 7) is 3.63. The van der Waals surface area contributed by atoms with E-state index in [0.717, 1.165) is 20.8 Å². The Morgan fingerprint density at radius 1 is 1.06 bits per heavy atom. The van der Waals surface area contributed by atoms with Gasteiger partial charge in [0.2, 0.25) is 11.8 Å². The highest BCUT2D eigenvalue weighted by atomic mass is 32.2. The van der Waals surface area contributed by atoms with Gasteiger partial charge in [-0.2, -0.15) is 0 Å². The molecule has 2 aliphatic rings. The molecule has 1 unspecified atom stereocenters. The van der Waals surface area contributed by atoms with Crippen LogP contribution in [0.4, 0.5) is 11.4 Å². The van der Waals surface area contributed by atoms with Gasteiger partial charge in [-0.25, -0.2) is 8.42 Å². The minimum Gasteiger partial charge on any atom is -0.324 e. The SMILES string of the molecule is Cc1ccc(NC(=O)C2CSCN2C(=O)CN2c3cccc4cccc(c34)S2(=O)=O)cc1C. The second kappa shape index (κ2) is 8.07. The standard InChI is InChI=1S/C24H23N3O4S2/c1-15-9-10-18(11-16(15)2)25-24(29)20-13-32-14-26(20)22(28)12-27-19-7-3-5-17-6-4-8-21(23(17)19)33(27,30)31/h3-11,20H,12-14H2,1-2H3,(H,25,29). The van der Waals surface area contributed by atoms with Gasteiger partial charge in [-0.3, -0.25) is 13.9 Å². The maximum Gasteiger partial charge on any atom is 0.265 e. The van der Waals surface area contributed by atoms with Gasteiger partial charge in [0, 0.05) is 16.8 Å². The molecule has 1 fully saturated rings. The number of nitrogens with zero attached hydrogens (tertiary/aromatic N) is 2. The van der Waals surface area contributed by atoms with E-state index in [1.54, 1.807) is 24.3 Å². The van der Waals surface area contributed by atoms with Crippen LogP contribution in [-0.4, -0.2) is 49.3 Å². The Morgan fingerprint density at radius 3 is 2.58 bits per heavy atom. The maximum atomic E-state index is 13.3. The summed E-state index contributed by atoms with van der Waals surface area (Å²) in [5.41, 5.74) is 3.37. The van der Waals surface area contributed by atoms with Gasteiger partial charge in [-0.15, -0.1) is 11.8 Å². The first kappa shape index (κ1) is 21.8. The van der Waals surface area contributed by atoms with Gasteiger partial charge in [0.15, 0.2) is 0 Å². The molecule has 3 aromatic rings. The number of benzene rings is 3. The molecule has 3 aromatic carbocycles. The van der Waals surface area contributed by atoms with Gasteiger partial charge in [-0.1, -0.05) is 30.3 Å². The van der Waals surface area contributed by atoms with Crippen LogP contribution in [0.1, 0.15) is 11.1 Å². The molecule has 1 atom stereocenters. The van der Waals surface area contributed by atoms with E-state index in [1.165, 1.54) is 16.7 Å². The van der Waals surface area contributed by atoms with E-state index < -0.39 is 22.0 Å². The average Bonchev–Trinajstić information content (AvgIpc) is 3.36. The van der Waals surface area contributed by atoms with Crippen molar-refractivity contribution in [3.05, 3.63) is 65.7 Å². The summed E-state index contributed by atoms with van der Waals surface area (Å²) in [5.74, 6) is 0.139. The normalized spacial score (nSPS) is 18.7. The molecule has 1 saturated heterocycles. The summed E-state index contributed by atoms with van der Waals surface area (Å²) in [4.78, 5) is 27.9. The largest absolute Gasteiger partial charge is 0.324 e. The van der Waals surface area contributed by atoms with Crippen molar-refractivity contribution in [2.75, 3.05) is 27.8 Å². The fourth-order valence-corrected chi connectivity index (χ4v) is 7.13. The molecule has 9 heteroatoms. The first-order valence-corrected chi connectivity index (χ1v) is 13.2. The topological polar surface area (TPSA) is 86.8 Å². The quantitative estimate of drug-likeness (QED) is 0.616. The minimum atomic E-state index is -3.84. The average molecular weight is 482 g/mol. The lowest BCUT2D eigenvalue weighted by atomic mass is 10.1. The van der Waals surface area contributed by atoms with Crippen LogP contribution in [0, 0.1) is 13.8 Å². The number of carbonyl (C=O) groups is 2. The molecule has 2 amide bonds. The lowest BCUT2D eigenvalue weighted by Gasteiger charge is -2.26.